The Morgan fingerprint density at radius 3 is 2.81 bits per heavy atom. The molecule has 3 aromatic rings. The summed E-state index contributed by atoms with van der Waals surface area (Å²) in [6, 6.07) is 7.14. The molecule has 0 spiro atoms. The first kappa shape index (κ1) is 19.8. The third-order valence-corrected chi connectivity index (χ3v) is 8.47. The van der Waals surface area contributed by atoms with Gasteiger partial charge in [0.1, 0.15) is 17.8 Å². The third kappa shape index (κ3) is 3.20. The van der Waals surface area contributed by atoms with Crippen molar-refractivity contribution in [2.24, 2.45) is 11.8 Å². The van der Waals surface area contributed by atoms with E-state index >= 15 is 0 Å². The Balaban J connectivity index is 1.33. The van der Waals surface area contributed by atoms with E-state index in [-0.39, 0.29) is 18.0 Å². The van der Waals surface area contributed by atoms with Gasteiger partial charge in [-0.15, -0.1) is 11.8 Å². The maximum Gasteiger partial charge on any atom is 0.243 e. The van der Waals surface area contributed by atoms with Gasteiger partial charge in [0.2, 0.25) is 5.91 Å². The summed E-state index contributed by atoms with van der Waals surface area (Å²) in [5.41, 5.74) is 10.5. The number of carbonyl (C=O) groups excluding carboxylic acids is 1. The molecular weight excluding hydrogens is 420 g/mol. The molecule has 6 rings (SSSR count). The number of nitrogens with one attached hydrogen (secondary N) is 1. The molecule has 1 amide bonds. The molecular formula is C24H26N6OS. The number of hydrogen-bond acceptors (Lipinski definition) is 6. The molecule has 1 aliphatic heterocycles. The molecule has 2 aromatic heterocycles. The van der Waals surface area contributed by atoms with Crippen LogP contribution in [0.4, 0.5) is 5.82 Å². The zero-order valence-corrected chi connectivity index (χ0v) is 18.6. The summed E-state index contributed by atoms with van der Waals surface area (Å²) in [5, 5.41) is 9.01. The van der Waals surface area contributed by atoms with Gasteiger partial charge in [-0.3, -0.25) is 4.79 Å². The van der Waals surface area contributed by atoms with Crippen molar-refractivity contribution in [1.82, 2.24) is 25.1 Å². The van der Waals surface area contributed by atoms with Gasteiger partial charge in [-0.05, 0) is 67.7 Å². The monoisotopic (exact) mass is 446 g/mol. The fourth-order valence-electron chi connectivity index (χ4n) is 5.95. The summed E-state index contributed by atoms with van der Waals surface area (Å²) in [4.78, 5) is 21.9. The molecule has 3 aliphatic rings. The van der Waals surface area contributed by atoms with E-state index in [1.807, 2.05) is 11.8 Å². The summed E-state index contributed by atoms with van der Waals surface area (Å²) >= 11 is 1.91. The average molecular weight is 447 g/mol. The minimum absolute atomic E-state index is 0.0749. The molecule has 7 nitrogen and oxygen atoms in total. The molecule has 1 aromatic carbocycles. The Morgan fingerprint density at radius 1 is 1.22 bits per heavy atom. The van der Waals surface area contributed by atoms with Gasteiger partial charge in [0.05, 0.1) is 11.4 Å². The Labute approximate surface area is 190 Å². The van der Waals surface area contributed by atoms with Crippen LogP contribution in [-0.4, -0.2) is 37.5 Å². The average Bonchev–Trinajstić information content (AvgIpc) is 3.54. The van der Waals surface area contributed by atoms with E-state index in [0.29, 0.717) is 17.7 Å². The summed E-state index contributed by atoms with van der Waals surface area (Å²) in [6.07, 6.45) is 8.12. The number of thioether (sulfide) groups is 1. The van der Waals surface area contributed by atoms with E-state index in [1.165, 1.54) is 22.9 Å². The second-order valence-electron chi connectivity index (χ2n) is 9.20. The lowest BCUT2D eigenvalue weighted by Crippen LogP contribution is -2.32. The summed E-state index contributed by atoms with van der Waals surface area (Å²) in [5.74, 6) is 2.73. The number of aromatic nitrogens is 4. The molecule has 2 aliphatic carbocycles. The van der Waals surface area contributed by atoms with Crippen molar-refractivity contribution in [1.29, 1.82) is 0 Å². The van der Waals surface area contributed by atoms with Crippen molar-refractivity contribution in [3.05, 3.63) is 42.7 Å². The first-order valence-electron chi connectivity index (χ1n) is 11.3. The number of benzene rings is 1. The van der Waals surface area contributed by atoms with Gasteiger partial charge in [-0.2, -0.15) is 5.10 Å². The number of hydrogen-bond donors (Lipinski definition) is 2. The van der Waals surface area contributed by atoms with E-state index in [2.05, 4.69) is 44.7 Å². The largest absolute Gasteiger partial charge is 0.383 e. The number of nitrogen functional groups attached to an aromatic ring is 1. The van der Waals surface area contributed by atoms with Crippen LogP contribution in [0, 0.1) is 11.8 Å². The number of fused-ring (bicyclic) bond motifs is 3. The van der Waals surface area contributed by atoms with Crippen molar-refractivity contribution in [3.63, 3.8) is 0 Å². The molecule has 164 valence electrons. The van der Waals surface area contributed by atoms with Crippen molar-refractivity contribution >= 4 is 34.5 Å². The van der Waals surface area contributed by atoms with E-state index in [0.717, 1.165) is 60.1 Å². The Kier molecular flexibility index (Phi) is 4.71. The molecule has 0 radical (unpaired) electrons. The third-order valence-electron chi connectivity index (χ3n) is 7.35. The summed E-state index contributed by atoms with van der Waals surface area (Å²) < 4.78 is 2.10. The predicted octanol–water partition coefficient (Wildman–Crippen LogP) is 3.76. The minimum Gasteiger partial charge on any atom is -0.383 e. The molecule has 3 N–H and O–H groups in total. The van der Waals surface area contributed by atoms with Crippen LogP contribution in [0.2, 0.25) is 0 Å². The molecule has 3 heterocycles. The Hall–Kier alpha value is -2.87. The normalized spacial score (nSPS) is 26.2. The van der Waals surface area contributed by atoms with Gasteiger partial charge < -0.3 is 11.1 Å². The minimum atomic E-state index is -0.0749. The number of rotatable bonds is 4. The van der Waals surface area contributed by atoms with Crippen molar-refractivity contribution in [2.45, 2.75) is 49.1 Å². The van der Waals surface area contributed by atoms with Crippen LogP contribution in [0.5, 0.6) is 0 Å². The zero-order valence-electron chi connectivity index (χ0n) is 17.8. The second-order valence-corrected chi connectivity index (χ2v) is 10.3. The predicted molar refractivity (Wildman–Crippen MR) is 126 cm³/mol. The maximum atomic E-state index is 11.7. The van der Waals surface area contributed by atoms with Gasteiger partial charge in [0, 0.05) is 22.3 Å². The van der Waals surface area contributed by atoms with Crippen molar-refractivity contribution in [2.75, 3.05) is 11.5 Å². The SMILES string of the molecule is C=CC(=O)NC1CC2CC(n3nc(-c4ccc5c(c4)CCS5)c4c(N)ncnc43)CC2C1. The second kappa shape index (κ2) is 7.62. The van der Waals surface area contributed by atoms with Crippen molar-refractivity contribution in [3.8, 4) is 11.3 Å². The first-order chi connectivity index (χ1) is 15.6. The smallest absolute Gasteiger partial charge is 0.243 e. The van der Waals surface area contributed by atoms with Gasteiger partial charge in [-0.25, -0.2) is 14.6 Å². The van der Waals surface area contributed by atoms with E-state index in [4.69, 9.17) is 10.8 Å². The lowest BCUT2D eigenvalue weighted by atomic mass is 10.0. The fourth-order valence-corrected chi connectivity index (χ4v) is 7.00. The molecule has 0 saturated heterocycles. The van der Waals surface area contributed by atoms with E-state index in [1.54, 1.807) is 0 Å². The van der Waals surface area contributed by atoms with Crippen LogP contribution >= 0.6 is 11.8 Å². The Bertz CT molecular complexity index is 1220. The lowest BCUT2D eigenvalue weighted by Gasteiger charge is -2.16. The molecule has 2 fully saturated rings. The van der Waals surface area contributed by atoms with Crippen LogP contribution in [0.1, 0.15) is 37.3 Å². The van der Waals surface area contributed by atoms with Gasteiger partial charge in [0.25, 0.3) is 0 Å². The summed E-state index contributed by atoms with van der Waals surface area (Å²) in [7, 11) is 0. The van der Waals surface area contributed by atoms with Gasteiger partial charge >= 0.3 is 0 Å². The zero-order chi connectivity index (χ0) is 21.8. The molecule has 2 saturated carbocycles. The first-order valence-corrected chi connectivity index (χ1v) is 12.3. The maximum absolute atomic E-state index is 11.7. The highest BCUT2D eigenvalue weighted by atomic mass is 32.2. The highest BCUT2D eigenvalue weighted by molar-refractivity contribution is 7.99. The van der Waals surface area contributed by atoms with Gasteiger partial charge in [-0.1, -0.05) is 12.6 Å². The van der Waals surface area contributed by atoms with Crippen LogP contribution in [0.15, 0.2) is 42.1 Å². The molecule has 0 bridgehead atoms. The topological polar surface area (TPSA) is 98.7 Å². The molecule has 2 unspecified atom stereocenters. The van der Waals surface area contributed by atoms with Crippen LogP contribution in [0.25, 0.3) is 22.3 Å². The van der Waals surface area contributed by atoms with Crippen LogP contribution in [0.3, 0.4) is 0 Å². The van der Waals surface area contributed by atoms with Crippen LogP contribution < -0.4 is 11.1 Å². The number of carbonyl (C=O) groups is 1. The quantitative estimate of drug-likeness (QED) is 0.592. The standard InChI is InChI=1S/C24H26N6OS/c1-2-20(31)28-17-8-15-10-18(11-16(15)9-17)30-24-21(23(25)26-12-27-24)22(29-30)14-3-4-19-13(7-14)5-6-32-19/h2-4,7,12,15-18H,1,5-6,8-11H2,(H,28,31)(H2,25,26,27). The summed E-state index contributed by atoms with van der Waals surface area (Å²) in [6.45, 7) is 3.56. The number of aryl methyl sites for hydroxylation is 1. The highest BCUT2D eigenvalue weighted by Crippen LogP contribution is 2.49. The fraction of sp³-hybridized carbons (Fsp3) is 0.417. The number of anilines is 1. The number of nitrogens with two attached hydrogens (primary N) is 1. The molecule has 8 heteroatoms. The van der Waals surface area contributed by atoms with Gasteiger partial charge in [0.15, 0.2) is 5.65 Å². The lowest BCUT2D eigenvalue weighted by molar-refractivity contribution is -0.117. The highest BCUT2D eigenvalue weighted by Gasteiger charge is 2.43. The number of amides is 1. The van der Waals surface area contributed by atoms with E-state index < -0.39 is 0 Å². The molecule has 32 heavy (non-hydrogen) atoms. The molecule has 2 atom stereocenters. The van der Waals surface area contributed by atoms with E-state index in [9.17, 15) is 4.79 Å². The Morgan fingerprint density at radius 2 is 2.03 bits per heavy atom. The van der Waals surface area contributed by atoms with Crippen molar-refractivity contribution < 1.29 is 4.79 Å². The number of nitrogens with zero attached hydrogens (tertiary/aromatic N) is 4. The van der Waals surface area contributed by atoms with Crippen LogP contribution in [-0.2, 0) is 11.2 Å².